The standard InChI is InChI=1S/C17H14F2N4O3S/c1-10-6-7-11(8-14(10)23(25)26)20-15(24)9-22-13-5-3-2-4-12(13)21-17(22)27-16(18)19/h2-8,16H,9H2,1H3,(H,20,24). The van der Waals surface area contributed by atoms with Crippen molar-refractivity contribution in [3.05, 3.63) is 58.1 Å². The average molecular weight is 392 g/mol. The van der Waals surface area contributed by atoms with Gasteiger partial charge in [0.15, 0.2) is 5.16 Å². The number of imidazole rings is 1. The van der Waals surface area contributed by atoms with Gasteiger partial charge >= 0.3 is 0 Å². The summed E-state index contributed by atoms with van der Waals surface area (Å²) in [6, 6.07) is 11.1. The van der Waals surface area contributed by atoms with Gasteiger partial charge in [-0.3, -0.25) is 14.9 Å². The van der Waals surface area contributed by atoms with Gasteiger partial charge in [0.2, 0.25) is 5.91 Å². The van der Waals surface area contributed by atoms with Gasteiger partial charge in [-0.2, -0.15) is 8.78 Å². The summed E-state index contributed by atoms with van der Waals surface area (Å²) in [5, 5.41) is 13.6. The second-order valence-electron chi connectivity index (χ2n) is 5.65. The summed E-state index contributed by atoms with van der Waals surface area (Å²) >= 11 is 0.257. The molecule has 10 heteroatoms. The molecule has 1 aromatic heterocycles. The van der Waals surface area contributed by atoms with Gasteiger partial charge in [-0.05, 0) is 36.9 Å². The summed E-state index contributed by atoms with van der Waals surface area (Å²) in [7, 11) is 0. The Kier molecular flexibility index (Phi) is 5.36. The number of benzene rings is 2. The van der Waals surface area contributed by atoms with Crippen LogP contribution in [0.3, 0.4) is 0 Å². The van der Waals surface area contributed by atoms with Crippen LogP contribution in [0.5, 0.6) is 0 Å². The Bertz CT molecular complexity index is 1020. The Labute approximate surface area is 156 Å². The monoisotopic (exact) mass is 392 g/mol. The molecule has 27 heavy (non-hydrogen) atoms. The molecule has 0 atom stereocenters. The van der Waals surface area contributed by atoms with Crippen LogP contribution in [0, 0.1) is 17.0 Å². The van der Waals surface area contributed by atoms with E-state index in [1.807, 2.05) is 0 Å². The number of nitro groups is 1. The number of nitro benzene ring substituents is 1. The van der Waals surface area contributed by atoms with Crippen LogP contribution in [0.4, 0.5) is 20.2 Å². The molecule has 3 aromatic rings. The zero-order valence-electron chi connectivity index (χ0n) is 14.1. The Morgan fingerprint density at radius 3 is 2.78 bits per heavy atom. The molecule has 1 N–H and O–H groups in total. The Morgan fingerprint density at radius 1 is 1.33 bits per heavy atom. The Balaban J connectivity index is 1.86. The van der Waals surface area contributed by atoms with E-state index < -0.39 is 16.6 Å². The lowest BCUT2D eigenvalue weighted by atomic mass is 10.2. The number of carbonyl (C=O) groups is 1. The van der Waals surface area contributed by atoms with Crippen molar-refractivity contribution in [2.75, 3.05) is 5.32 Å². The molecular weight excluding hydrogens is 378 g/mol. The SMILES string of the molecule is Cc1ccc(NC(=O)Cn2c(SC(F)F)nc3ccccc32)cc1[N+](=O)[O-]. The molecule has 0 aliphatic rings. The van der Waals surface area contributed by atoms with Crippen LogP contribution in [0.2, 0.25) is 0 Å². The van der Waals surface area contributed by atoms with Crippen molar-refractivity contribution in [1.29, 1.82) is 0 Å². The number of alkyl halides is 2. The van der Waals surface area contributed by atoms with E-state index in [-0.39, 0.29) is 34.8 Å². The normalized spacial score (nSPS) is 11.1. The zero-order valence-corrected chi connectivity index (χ0v) is 14.9. The summed E-state index contributed by atoms with van der Waals surface area (Å²) in [5.74, 6) is -3.18. The van der Waals surface area contributed by atoms with Crippen LogP contribution in [0.15, 0.2) is 47.6 Å². The predicted octanol–water partition coefficient (Wildman–Crippen LogP) is 4.21. The minimum Gasteiger partial charge on any atom is -0.324 e. The lowest BCUT2D eigenvalue weighted by Gasteiger charge is -2.10. The number of halogens is 2. The first-order valence-corrected chi connectivity index (χ1v) is 8.68. The van der Waals surface area contributed by atoms with Crippen molar-refractivity contribution in [3.8, 4) is 0 Å². The molecule has 0 saturated carbocycles. The second kappa shape index (κ2) is 7.70. The molecule has 140 valence electrons. The van der Waals surface area contributed by atoms with E-state index in [2.05, 4.69) is 10.3 Å². The number of nitrogens with one attached hydrogen (secondary N) is 1. The van der Waals surface area contributed by atoms with Crippen LogP contribution < -0.4 is 5.32 Å². The first-order valence-electron chi connectivity index (χ1n) is 7.80. The summed E-state index contributed by atoms with van der Waals surface area (Å²) in [4.78, 5) is 27.0. The highest BCUT2D eigenvalue weighted by molar-refractivity contribution is 7.99. The smallest absolute Gasteiger partial charge is 0.291 e. The second-order valence-corrected chi connectivity index (χ2v) is 6.61. The summed E-state index contributed by atoms with van der Waals surface area (Å²) in [6.45, 7) is 1.34. The molecule has 1 amide bonds. The number of carbonyl (C=O) groups excluding carboxylic acids is 1. The number of aryl methyl sites for hydroxylation is 1. The molecule has 0 radical (unpaired) electrons. The van der Waals surface area contributed by atoms with E-state index in [1.165, 1.54) is 16.7 Å². The van der Waals surface area contributed by atoms with Gasteiger partial charge in [0.05, 0.1) is 16.0 Å². The van der Waals surface area contributed by atoms with Crippen molar-refractivity contribution in [1.82, 2.24) is 9.55 Å². The van der Waals surface area contributed by atoms with Gasteiger partial charge in [0.1, 0.15) is 6.54 Å². The maximum atomic E-state index is 12.8. The number of hydrogen-bond donors (Lipinski definition) is 1. The Morgan fingerprint density at radius 2 is 2.07 bits per heavy atom. The highest BCUT2D eigenvalue weighted by Crippen LogP contribution is 2.28. The van der Waals surface area contributed by atoms with Gasteiger partial charge in [0.25, 0.3) is 11.4 Å². The minimum atomic E-state index is -2.68. The van der Waals surface area contributed by atoms with Crippen molar-refractivity contribution < 1.29 is 18.5 Å². The summed E-state index contributed by atoms with van der Waals surface area (Å²) in [5.41, 5.74) is 1.65. The minimum absolute atomic E-state index is 0.0243. The fourth-order valence-corrected chi connectivity index (χ4v) is 3.20. The number of para-hydroxylation sites is 2. The van der Waals surface area contributed by atoms with E-state index >= 15 is 0 Å². The van der Waals surface area contributed by atoms with Crippen LogP contribution in [0.25, 0.3) is 11.0 Å². The van der Waals surface area contributed by atoms with Crippen LogP contribution >= 0.6 is 11.8 Å². The maximum absolute atomic E-state index is 12.8. The van der Waals surface area contributed by atoms with E-state index in [0.29, 0.717) is 16.6 Å². The largest absolute Gasteiger partial charge is 0.324 e. The number of rotatable bonds is 6. The van der Waals surface area contributed by atoms with E-state index in [4.69, 9.17) is 0 Å². The zero-order chi connectivity index (χ0) is 19.6. The number of anilines is 1. The van der Waals surface area contributed by atoms with Crippen molar-refractivity contribution in [2.24, 2.45) is 0 Å². The molecule has 2 aromatic carbocycles. The lowest BCUT2D eigenvalue weighted by Crippen LogP contribution is -2.19. The number of hydrogen-bond acceptors (Lipinski definition) is 5. The molecule has 1 heterocycles. The van der Waals surface area contributed by atoms with E-state index in [9.17, 15) is 23.7 Å². The van der Waals surface area contributed by atoms with Gasteiger partial charge in [-0.25, -0.2) is 4.98 Å². The number of aromatic nitrogens is 2. The molecular formula is C17H14F2N4O3S. The fourth-order valence-electron chi connectivity index (χ4n) is 2.60. The fraction of sp³-hybridized carbons (Fsp3) is 0.176. The first-order chi connectivity index (χ1) is 12.8. The predicted molar refractivity (Wildman–Crippen MR) is 98.1 cm³/mol. The molecule has 0 spiro atoms. The van der Waals surface area contributed by atoms with E-state index in [0.717, 1.165) is 0 Å². The third-order valence-electron chi connectivity index (χ3n) is 3.81. The first kappa shape index (κ1) is 18.8. The molecule has 0 bridgehead atoms. The van der Waals surface area contributed by atoms with Crippen molar-refractivity contribution in [2.45, 2.75) is 24.4 Å². The topological polar surface area (TPSA) is 90.1 Å². The molecule has 0 saturated heterocycles. The van der Waals surface area contributed by atoms with Crippen molar-refractivity contribution in [3.63, 3.8) is 0 Å². The number of fused-ring (bicyclic) bond motifs is 1. The third kappa shape index (κ3) is 4.22. The number of thioether (sulfide) groups is 1. The van der Waals surface area contributed by atoms with Gasteiger partial charge in [-0.1, -0.05) is 18.2 Å². The molecule has 7 nitrogen and oxygen atoms in total. The Hall–Kier alpha value is -3.01. The van der Waals surface area contributed by atoms with Gasteiger partial charge in [0, 0.05) is 17.3 Å². The van der Waals surface area contributed by atoms with E-state index in [1.54, 1.807) is 37.3 Å². The van der Waals surface area contributed by atoms with Crippen molar-refractivity contribution >= 4 is 40.1 Å². The van der Waals surface area contributed by atoms with Crippen LogP contribution in [0.1, 0.15) is 5.56 Å². The summed E-state index contributed by atoms with van der Waals surface area (Å²) in [6.07, 6.45) is 0. The van der Waals surface area contributed by atoms with Gasteiger partial charge < -0.3 is 9.88 Å². The number of amides is 1. The highest BCUT2D eigenvalue weighted by Gasteiger charge is 2.18. The van der Waals surface area contributed by atoms with Crippen LogP contribution in [-0.2, 0) is 11.3 Å². The maximum Gasteiger partial charge on any atom is 0.291 e. The lowest BCUT2D eigenvalue weighted by molar-refractivity contribution is -0.385. The highest BCUT2D eigenvalue weighted by atomic mass is 32.2. The molecule has 0 fully saturated rings. The van der Waals surface area contributed by atoms with Crippen LogP contribution in [-0.4, -0.2) is 26.1 Å². The third-order valence-corrected chi connectivity index (χ3v) is 4.51. The molecule has 0 aliphatic heterocycles. The number of nitrogens with zero attached hydrogens (tertiary/aromatic N) is 3. The molecule has 3 rings (SSSR count). The average Bonchev–Trinajstić information content (AvgIpc) is 2.93. The molecule has 0 aliphatic carbocycles. The van der Waals surface area contributed by atoms with Gasteiger partial charge in [-0.15, -0.1) is 0 Å². The molecule has 0 unspecified atom stereocenters. The summed E-state index contributed by atoms with van der Waals surface area (Å²) < 4.78 is 27.0. The quantitative estimate of drug-likeness (QED) is 0.386.